The molecule has 2 fully saturated rings. The third-order valence-electron chi connectivity index (χ3n) is 8.16. The molecule has 2 N–H and O–H groups in total. The van der Waals surface area contributed by atoms with Gasteiger partial charge in [-0.25, -0.2) is 4.39 Å². The molecule has 0 bridgehead atoms. The van der Waals surface area contributed by atoms with Gasteiger partial charge in [-0.3, -0.25) is 0 Å². The first-order valence-corrected chi connectivity index (χ1v) is 12.0. The van der Waals surface area contributed by atoms with Crippen molar-refractivity contribution in [3.05, 3.63) is 58.9 Å². The second-order valence-electron chi connectivity index (χ2n) is 9.83. The Kier molecular flexibility index (Phi) is 4.91. The van der Waals surface area contributed by atoms with Crippen LogP contribution in [0, 0.1) is 5.82 Å². The molecule has 1 saturated heterocycles. The Morgan fingerprint density at radius 3 is 2.61 bits per heavy atom. The van der Waals surface area contributed by atoms with Crippen LogP contribution in [0.5, 0.6) is 0 Å². The maximum Gasteiger partial charge on any atom is 0.123 e. The number of rotatable bonds is 5. The number of fused-ring (bicyclic) bond motifs is 3. The highest BCUT2D eigenvalue weighted by Gasteiger charge is 2.45. The monoisotopic (exact) mass is 421 g/mol. The van der Waals surface area contributed by atoms with Gasteiger partial charge in [-0.1, -0.05) is 30.7 Å². The predicted octanol–water partition coefficient (Wildman–Crippen LogP) is 4.62. The molecule has 5 heteroatoms. The zero-order chi connectivity index (χ0) is 20.9. The van der Waals surface area contributed by atoms with E-state index in [1.165, 1.54) is 54.8 Å². The van der Waals surface area contributed by atoms with Gasteiger partial charge in [-0.15, -0.1) is 0 Å². The molecule has 2 aromatic rings. The van der Waals surface area contributed by atoms with Gasteiger partial charge in [0.25, 0.3) is 0 Å². The summed E-state index contributed by atoms with van der Waals surface area (Å²) in [5, 5.41) is 14.3. The Bertz CT molecular complexity index is 958. The van der Waals surface area contributed by atoms with E-state index < -0.39 is 6.10 Å². The van der Waals surface area contributed by atoms with Gasteiger partial charge in [-0.05, 0) is 60.4 Å². The highest BCUT2D eigenvalue weighted by atomic mass is 19.1. The van der Waals surface area contributed by atoms with Gasteiger partial charge in [0.05, 0.1) is 17.5 Å². The summed E-state index contributed by atoms with van der Waals surface area (Å²) in [6.07, 6.45) is 5.38. The van der Waals surface area contributed by atoms with Crippen LogP contribution < -0.4 is 10.2 Å². The second kappa shape index (κ2) is 7.79. The summed E-state index contributed by atoms with van der Waals surface area (Å²) in [7, 11) is 0. The van der Waals surface area contributed by atoms with E-state index in [-0.39, 0.29) is 5.82 Å². The average molecular weight is 422 g/mol. The first kappa shape index (κ1) is 19.6. The van der Waals surface area contributed by atoms with Crippen LogP contribution in [-0.4, -0.2) is 48.8 Å². The molecule has 2 aromatic carbocycles. The topological polar surface area (TPSA) is 38.7 Å². The number of nitrogens with one attached hydrogen (secondary N) is 1. The molecule has 1 unspecified atom stereocenters. The van der Waals surface area contributed by atoms with E-state index in [0.717, 1.165) is 44.2 Å². The molecule has 6 rings (SSSR count). The lowest BCUT2D eigenvalue weighted by Gasteiger charge is -2.41. The van der Waals surface area contributed by atoms with Crippen LogP contribution in [0.1, 0.15) is 66.7 Å². The molecule has 0 radical (unpaired) electrons. The van der Waals surface area contributed by atoms with Crippen molar-refractivity contribution in [1.82, 2.24) is 4.90 Å². The van der Waals surface area contributed by atoms with E-state index in [1.54, 1.807) is 17.7 Å². The van der Waals surface area contributed by atoms with Gasteiger partial charge >= 0.3 is 0 Å². The summed E-state index contributed by atoms with van der Waals surface area (Å²) in [4.78, 5) is 5.23. The Hall–Kier alpha value is -2.11. The zero-order valence-corrected chi connectivity index (χ0v) is 18.1. The SMILES string of the molecule is OC(CCN1CC[C@H]2[C@@H](C1)c1ccc(C3CCC3)c3c1N2CCN3)c1ccc(F)cc1. The van der Waals surface area contributed by atoms with Crippen LogP contribution in [0.4, 0.5) is 15.8 Å². The number of piperidine rings is 1. The van der Waals surface area contributed by atoms with Crippen LogP contribution in [-0.2, 0) is 0 Å². The highest BCUT2D eigenvalue weighted by Crippen LogP contribution is 2.53. The Balaban J connectivity index is 1.18. The Morgan fingerprint density at radius 1 is 1.03 bits per heavy atom. The van der Waals surface area contributed by atoms with Crippen LogP contribution in [0.2, 0.25) is 0 Å². The van der Waals surface area contributed by atoms with E-state index in [0.29, 0.717) is 18.4 Å². The molecule has 4 nitrogen and oxygen atoms in total. The molecule has 31 heavy (non-hydrogen) atoms. The molecular formula is C26H32FN3O. The van der Waals surface area contributed by atoms with Crippen molar-refractivity contribution in [2.24, 2.45) is 0 Å². The molecule has 4 aliphatic rings. The van der Waals surface area contributed by atoms with Crippen LogP contribution in [0.25, 0.3) is 0 Å². The van der Waals surface area contributed by atoms with Gasteiger partial charge in [-0.2, -0.15) is 0 Å². The first-order valence-electron chi connectivity index (χ1n) is 12.0. The van der Waals surface area contributed by atoms with Gasteiger partial charge in [0.2, 0.25) is 0 Å². The fraction of sp³-hybridized carbons (Fsp3) is 0.538. The fourth-order valence-electron chi connectivity index (χ4n) is 6.27. The summed E-state index contributed by atoms with van der Waals surface area (Å²) in [5.74, 6) is 1.05. The molecular weight excluding hydrogens is 389 g/mol. The predicted molar refractivity (Wildman–Crippen MR) is 122 cm³/mol. The molecule has 0 spiro atoms. The molecule has 3 atom stereocenters. The number of aliphatic hydroxyl groups excluding tert-OH is 1. The van der Waals surface area contributed by atoms with Crippen LogP contribution in [0.3, 0.4) is 0 Å². The molecule has 1 saturated carbocycles. The Morgan fingerprint density at radius 2 is 1.84 bits per heavy atom. The summed E-state index contributed by atoms with van der Waals surface area (Å²) in [6, 6.07) is 11.7. The van der Waals surface area contributed by atoms with E-state index in [4.69, 9.17) is 0 Å². The third kappa shape index (κ3) is 3.33. The number of hydrogen-bond acceptors (Lipinski definition) is 4. The fourth-order valence-corrected chi connectivity index (χ4v) is 6.27. The number of anilines is 2. The minimum atomic E-state index is -0.534. The number of benzene rings is 2. The Labute approximate surface area is 184 Å². The highest BCUT2D eigenvalue weighted by molar-refractivity contribution is 5.83. The lowest BCUT2D eigenvalue weighted by molar-refractivity contribution is 0.125. The summed E-state index contributed by atoms with van der Waals surface area (Å²) < 4.78 is 13.2. The molecule has 3 aliphatic heterocycles. The van der Waals surface area contributed by atoms with E-state index >= 15 is 0 Å². The molecule has 164 valence electrons. The number of likely N-dealkylation sites (tertiary alicyclic amines) is 1. The smallest absolute Gasteiger partial charge is 0.123 e. The number of hydrogen-bond donors (Lipinski definition) is 2. The van der Waals surface area contributed by atoms with E-state index in [2.05, 4.69) is 27.2 Å². The maximum absolute atomic E-state index is 13.2. The normalized spacial score (nSPS) is 26.1. The van der Waals surface area contributed by atoms with Crippen molar-refractivity contribution in [2.45, 2.75) is 56.1 Å². The van der Waals surface area contributed by atoms with Crippen molar-refractivity contribution in [3.8, 4) is 0 Å². The molecule has 0 amide bonds. The van der Waals surface area contributed by atoms with Crippen molar-refractivity contribution >= 4 is 11.4 Å². The minimum Gasteiger partial charge on any atom is -0.388 e. The second-order valence-corrected chi connectivity index (χ2v) is 9.83. The van der Waals surface area contributed by atoms with Crippen molar-refractivity contribution in [3.63, 3.8) is 0 Å². The summed E-state index contributed by atoms with van der Waals surface area (Å²) in [6.45, 7) is 5.18. The number of halogens is 1. The molecule has 0 aromatic heterocycles. The number of aliphatic hydroxyl groups is 1. The lowest BCUT2D eigenvalue weighted by atomic mass is 9.78. The first-order chi connectivity index (χ1) is 15.2. The average Bonchev–Trinajstić information content (AvgIpc) is 3.08. The van der Waals surface area contributed by atoms with Crippen molar-refractivity contribution in [2.75, 3.05) is 42.9 Å². The van der Waals surface area contributed by atoms with Gasteiger partial charge in [0.15, 0.2) is 0 Å². The third-order valence-corrected chi connectivity index (χ3v) is 8.16. The van der Waals surface area contributed by atoms with E-state index in [9.17, 15) is 9.50 Å². The van der Waals surface area contributed by atoms with Crippen LogP contribution in [0.15, 0.2) is 36.4 Å². The van der Waals surface area contributed by atoms with Crippen molar-refractivity contribution in [1.29, 1.82) is 0 Å². The minimum absolute atomic E-state index is 0.255. The zero-order valence-electron chi connectivity index (χ0n) is 18.1. The largest absolute Gasteiger partial charge is 0.388 e. The number of nitrogens with zero attached hydrogens (tertiary/aromatic N) is 2. The van der Waals surface area contributed by atoms with Gasteiger partial charge in [0, 0.05) is 44.7 Å². The maximum atomic E-state index is 13.2. The molecule has 3 heterocycles. The van der Waals surface area contributed by atoms with Crippen molar-refractivity contribution < 1.29 is 9.50 Å². The summed E-state index contributed by atoms with van der Waals surface area (Å²) >= 11 is 0. The standard InChI is InChI=1S/C26H32FN3O/c27-19-6-4-18(5-7-19)24(31)11-14-29-13-10-23-22(16-29)21-9-8-20(17-2-1-3-17)25-26(21)30(23)15-12-28-25/h4-9,17,22-24,28,31H,1-3,10-16H2/t22-,23-,24?/m0/s1. The lowest BCUT2D eigenvalue weighted by Crippen LogP contribution is -2.48. The van der Waals surface area contributed by atoms with Gasteiger partial charge < -0.3 is 20.2 Å². The van der Waals surface area contributed by atoms with Crippen LogP contribution >= 0.6 is 0 Å². The quantitative estimate of drug-likeness (QED) is 0.739. The van der Waals surface area contributed by atoms with Gasteiger partial charge in [0.1, 0.15) is 5.82 Å². The van der Waals surface area contributed by atoms with E-state index in [1.807, 2.05) is 0 Å². The molecule has 1 aliphatic carbocycles. The summed E-state index contributed by atoms with van der Waals surface area (Å²) in [5.41, 5.74) is 6.81.